The van der Waals surface area contributed by atoms with Crippen LogP contribution >= 0.6 is 0 Å². The molecule has 0 radical (unpaired) electrons. The van der Waals surface area contributed by atoms with Crippen LogP contribution in [-0.4, -0.2) is 56.4 Å². The average molecular weight is 333 g/mol. The Morgan fingerprint density at radius 2 is 2.21 bits per heavy atom. The molecular formula is C19H27NO4. The number of benzene rings is 1. The van der Waals surface area contributed by atoms with Gasteiger partial charge in [-0.25, -0.2) is 0 Å². The highest BCUT2D eigenvalue weighted by molar-refractivity contribution is 5.78. The van der Waals surface area contributed by atoms with E-state index in [1.54, 1.807) is 0 Å². The second kappa shape index (κ2) is 7.99. The lowest BCUT2D eigenvalue weighted by molar-refractivity contribution is -0.165. The van der Waals surface area contributed by atoms with Crippen molar-refractivity contribution < 1.29 is 19.0 Å². The predicted molar refractivity (Wildman–Crippen MR) is 91.0 cm³/mol. The molecule has 1 aromatic carbocycles. The van der Waals surface area contributed by atoms with E-state index >= 15 is 0 Å². The number of carbonyl (C=O) groups excluding carboxylic acids is 1. The summed E-state index contributed by atoms with van der Waals surface area (Å²) in [4.78, 5) is 14.5. The van der Waals surface area contributed by atoms with Crippen molar-refractivity contribution in [1.82, 2.24) is 4.90 Å². The molecule has 5 heteroatoms. The molecule has 0 spiro atoms. The van der Waals surface area contributed by atoms with Crippen LogP contribution in [0.15, 0.2) is 30.3 Å². The van der Waals surface area contributed by atoms with Crippen LogP contribution in [0.5, 0.6) is 5.75 Å². The zero-order valence-corrected chi connectivity index (χ0v) is 14.4. The average Bonchev–Trinajstić information content (AvgIpc) is 2.65. The highest BCUT2D eigenvalue weighted by atomic mass is 16.5. The minimum absolute atomic E-state index is 0.0405. The van der Waals surface area contributed by atoms with E-state index in [0.29, 0.717) is 19.8 Å². The van der Waals surface area contributed by atoms with Gasteiger partial charge in [0.05, 0.1) is 12.7 Å². The summed E-state index contributed by atoms with van der Waals surface area (Å²) in [5.74, 6) is 0.768. The van der Waals surface area contributed by atoms with Crippen molar-refractivity contribution in [2.45, 2.75) is 32.3 Å². The summed E-state index contributed by atoms with van der Waals surface area (Å²) in [7, 11) is 0. The van der Waals surface area contributed by atoms with Crippen molar-refractivity contribution in [2.75, 3.05) is 39.5 Å². The zero-order chi connectivity index (χ0) is 16.8. The monoisotopic (exact) mass is 333 g/mol. The molecule has 2 atom stereocenters. The van der Waals surface area contributed by atoms with Crippen molar-refractivity contribution in [3.05, 3.63) is 30.3 Å². The van der Waals surface area contributed by atoms with Gasteiger partial charge in [0.15, 0.2) is 6.61 Å². The first-order valence-electron chi connectivity index (χ1n) is 8.88. The van der Waals surface area contributed by atoms with Crippen LogP contribution in [0.1, 0.15) is 26.2 Å². The fourth-order valence-corrected chi connectivity index (χ4v) is 3.77. The Morgan fingerprint density at radius 1 is 1.38 bits per heavy atom. The Hall–Kier alpha value is -1.59. The van der Waals surface area contributed by atoms with Gasteiger partial charge >= 0.3 is 0 Å². The van der Waals surface area contributed by atoms with Gasteiger partial charge in [0.25, 0.3) is 5.91 Å². The molecule has 3 rings (SSSR count). The summed E-state index contributed by atoms with van der Waals surface area (Å²) < 4.78 is 17.3. The molecule has 0 bridgehead atoms. The van der Waals surface area contributed by atoms with Gasteiger partial charge in [0.2, 0.25) is 0 Å². The van der Waals surface area contributed by atoms with Gasteiger partial charge in [-0.3, -0.25) is 4.79 Å². The highest BCUT2D eigenvalue weighted by Crippen LogP contribution is 2.40. The molecule has 0 aliphatic carbocycles. The summed E-state index contributed by atoms with van der Waals surface area (Å²) in [6.45, 7) is 5.71. The minimum atomic E-state index is -0.0606. The van der Waals surface area contributed by atoms with Gasteiger partial charge < -0.3 is 19.1 Å². The van der Waals surface area contributed by atoms with Gasteiger partial charge in [0.1, 0.15) is 5.75 Å². The fourth-order valence-electron chi connectivity index (χ4n) is 3.77. The van der Waals surface area contributed by atoms with Crippen molar-refractivity contribution in [3.8, 4) is 5.75 Å². The van der Waals surface area contributed by atoms with Gasteiger partial charge in [-0.2, -0.15) is 0 Å². The van der Waals surface area contributed by atoms with E-state index in [9.17, 15) is 4.79 Å². The molecule has 0 saturated carbocycles. The molecule has 1 amide bonds. The number of carbonyl (C=O) groups is 1. The van der Waals surface area contributed by atoms with Crippen molar-refractivity contribution >= 4 is 5.91 Å². The number of amides is 1. The maximum Gasteiger partial charge on any atom is 0.260 e. The molecule has 5 nitrogen and oxygen atoms in total. The van der Waals surface area contributed by atoms with Crippen LogP contribution < -0.4 is 4.74 Å². The smallest absolute Gasteiger partial charge is 0.260 e. The first-order chi connectivity index (χ1) is 11.7. The molecule has 2 aliphatic heterocycles. The van der Waals surface area contributed by atoms with Crippen molar-refractivity contribution in [3.63, 3.8) is 0 Å². The third-order valence-corrected chi connectivity index (χ3v) is 5.04. The largest absolute Gasteiger partial charge is 0.484 e. The third-order valence-electron chi connectivity index (χ3n) is 5.04. The Bertz CT molecular complexity index is 535. The first-order valence-corrected chi connectivity index (χ1v) is 8.88. The molecule has 2 fully saturated rings. The quantitative estimate of drug-likeness (QED) is 0.802. The standard InChI is InChI=1S/C19H27NO4/c1-2-22-15-19-10-6-12-23-17(19)9-11-20(14-19)18(21)13-24-16-7-4-3-5-8-16/h3-5,7-8,17H,2,6,9-15H2,1H3/t17-,19+/m0/s1. The zero-order valence-electron chi connectivity index (χ0n) is 14.4. The number of hydrogen-bond acceptors (Lipinski definition) is 4. The Labute approximate surface area is 143 Å². The van der Waals surface area contributed by atoms with E-state index in [2.05, 4.69) is 0 Å². The van der Waals surface area contributed by atoms with Gasteiger partial charge in [0, 0.05) is 31.7 Å². The van der Waals surface area contributed by atoms with E-state index in [1.807, 2.05) is 42.2 Å². The van der Waals surface area contributed by atoms with E-state index in [0.717, 1.165) is 38.2 Å². The highest BCUT2D eigenvalue weighted by Gasteiger charge is 2.47. The topological polar surface area (TPSA) is 48.0 Å². The summed E-state index contributed by atoms with van der Waals surface area (Å²) >= 11 is 0. The van der Waals surface area contributed by atoms with Crippen molar-refractivity contribution in [2.24, 2.45) is 5.41 Å². The molecule has 24 heavy (non-hydrogen) atoms. The summed E-state index contributed by atoms with van der Waals surface area (Å²) in [6.07, 6.45) is 3.17. The summed E-state index contributed by atoms with van der Waals surface area (Å²) in [5, 5.41) is 0. The lowest BCUT2D eigenvalue weighted by Crippen LogP contribution is -2.58. The normalized spacial score (nSPS) is 26.7. The van der Waals surface area contributed by atoms with Crippen LogP contribution in [0.25, 0.3) is 0 Å². The van der Waals surface area contributed by atoms with Gasteiger partial charge in [-0.1, -0.05) is 18.2 Å². The van der Waals surface area contributed by atoms with Crippen LogP contribution in [0, 0.1) is 5.41 Å². The molecular weight excluding hydrogens is 306 g/mol. The second-order valence-electron chi connectivity index (χ2n) is 6.67. The number of nitrogens with zero attached hydrogens (tertiary/aromatic N) is 1. The number of rotatable bonds is 6. The van der Waals surface area contributed by atoms with Gasteiger partial charge in [-0.05, 0) is 38.3 Å². The number of ether oxygens (including phenoxy) is 3. The Morgan fingerprint density at radius 3 is 3.00 bits per heavy atom. The van der Waals surface area contributed by atoms with Crippen LogP contribution in [0.3, 0.4) is 0 Å². The number of piperidine rings is 1. The van der Waals surface area contributed by atoms with E-state index in [4.69, 9.17) is 14.2 Å². The molecule has 0 aromatic heterocycles. The lowest BCUT2D eigenvalue weighted by Gasteiger charge is -2.50. The molecule has 132 valence electrons. The number of likely N-dealkylation sites (tertiary alicyclic amines) is 1. The van der Waals surface area contributed by atoms with E-state index in [1.165, 1.54) is 0 Å². The maximum atomic E-state index is 12.6. The molecule has 0 unspecified atom stereocenters. The van der Waals surface area contributed by atoms with Crippen molar-refractivity contribution in [1.29, 1.82) is 0 Å². The third kappa shape index (κ3) is 3.90. The molecule has 2 heterocycles. The molecule has 0 N–H and O–H groups in total. The van der Waals surface area contributed by atoms with Gasteiger partial charge in [-0.15, -0.1) is 0 Å². The van der Waals surface area contributed by atoms with E-state index in [-0.39, 0.29) is 24.0 Å². The number of para-hydroxylation sites is 1. The maximum absolute atomic E-state index is 12.6. The Kier molecular flexibility index (Phi) is 5.74. The number of fused-ring (bicyclic) bond motifs is 1. The molecule has 1 aromatic rings. The Balaban J connectivity index is 1.60. The van der Waals surface area contributed by atoms with Crippen LogP contribution in [0.2, 0.25) is 0 Å². The SMILES string of the molecule is CCOC[C@]12CCCO[C@H]1CCN(C(=O)COc1ccccc1)C2. The predicted octanol–water partition coefficient (Wildman–Crippen LogP) is 2.50. The summed E-state index contributed by atoms with van der Waals surface area (Å²) in [5.41, 5.74) is -0.0606. The summed E-state index contributed by atoms with van der Waals surface area (Å²) in [6, 6.07) is 9.47. The minimum Gasteiger partial charge on any atom is -0.484 e. The lowest BCUT2D eigenvalue weighted by atomic mass is 9.73. The van der Waals surface area contributed by atoms with Crippen LogP contribution in [-0.2, 0) is 14.3 Å². The fraction of sp³-hybridized carbons (Fsp3) is 0.632. The second-order valence-corrected chi connectivity index (χ2v) is 6.67. The molecule has 2 aliphatic rings. The number of hydrogen-bond donors (Lipinski definition) is 0. The van der Waals surface area contributed by atoms with E-state index < -0.39 is 0 Å². The first kappa shape index (κ1) is 17.2. The van der Waals surface area contributed by atoms with Crippen LogP contribution in [0.4, 0.5) is 0 Å². The molecule has 2 saturated heterocycles.